The molecule has 0 bridgehead atoms. The van der Waals surface area contributed by atoms with Crippen LogP contribution in [-0.4, -0.2) is 18.6 Å². The molecule has 140 valence electrons. The van der Waals surface area contributed by atoms with Crippen molar-refractivity contribution in [2.75, 3.05) is 6.61 Å². The number of fused-ring (bicyclic) bond motifs is 1. The summed E-state index contributed by atoms with van der Waals surface area (Å²) >= 11 is 0. The van der Waals surface area contributed by atoms with Crippen molar-refractivity contribution in [3.63, 3.8) is 0 Å². The number of furan rings is 1. The number of rotatable bonds is 5. The van der Waals surface area contributed by atoms with Gasteiger partial charge < -0.3 is 18.9 Å². The van der Waals surface area contributed by atoms with E-state index in [0.717, 1.165) is 25.7 Å². The van der Waals surface area contributed by atoms with Crippen LogP contribution in [0.4, 0.5) is 0 Å². The fraction of sp³-hybridized carbons (Fsp3) is 0.333. The molecule has 1 fully saturated rings. The number of hydrogen-bond acceptors (Lipinski definition) is 5. The Morgan fingerprint density at radius 1 is 1.11 bits per heavy atom. The summed E-state index contributed by atoms with van der Waals surface area (Å²) in [6.45, 7) is -0.243. The fourth-order valence-electron chi connectivity index (χ4n) is 3.48. The van der Waals surface area contributed by atoms with Gasteiger partial charge in [-0.1, -0.05) is 31.4 Å². The molecule has 1 aromatic carbocycles. The number of carbonyl (C=O) groups excluding carboxylic acids is 1. The Morgan fingerprint density at radius 2 is 1.93 bits per heavy atom. The summed E-state index contributed by atoms with van der Waals surface area (Å²) in [5.41, 5.74) is 0.113. The van der Waals surface area contributed by atoms with Gasteiger partial charge in [0.1, 0.15) is 5.58 Å². The first-order valence-electron chi connectivity index (χ1n) is 9.24. The monoisotopic (exact) mass is 367 g/mol. The van der Waals surface area contributed by atoms with E-state index in [1.54, 1.807) is 36.4 Å². The normalized spacial score (nSPS) is 15.0. The Bertz CT molecular complexity index is 983. The summed E-state index contributed by atoms with van der Waals surface area (Å²) in [6, 6.07) is 10.5. The first kappa shape index (κ1) is 17.4. The van der Waals surface area contributed by atoms with Crippen LogP contribution in [0.3, 0.4) is 0 Å². The minimum absolute atomic E-state index is 0.0116. The molecule has 0 spiro atoms. The van der Waals surface area contributed by atoms with Crippen molar-refractivity contribution < 1.29 is 18.4 Å². The first-order chi connectivity index (χ1) is 13.2. The van der Waals surface area contributed by atoms with E-state index in [1.165, 1.54) is 12.7 Å². The van der Waals surface area contributed by atoms with Crippen LogP contribution in [0.1, 0.15) is 32.1 Å². The van der Waals surface area contributed by atoms with E-state index in [4.69, 9.17) is 13.6 Å². The van der Waals surface area contributed by atoms with Crippen LogP contribution in [0.5, 0.6) is 5.75 Å². The Labute approximate surface area is 156 Å². The topological polar surface area (TPSA) is 81.7 Å². The second kappa shape index (κ2) is 7.70. The van der Waals surface area contributed by atoms with Gasteiger partial charge in [0.25, 0.3) is 5.91 Å². The van der Waals surface area contributed by atoms with Crippen molar-refractivity contribution in [3.8, 4) is 17.3 Å². The second-order valence-corrected chi connectivity index (χ2v) is 6.75. The summed E-state index contributed by atoms with van der Waals surface area (Å²) in [5, 5.41) is 3.38. The molecule has 6 nitrogen and oxygen atoms in total. The van der Waals surface area contributed by atoms with E-state index in [9.17, 15) is 9.59 Å². The van der Waals surface area contributed by atoms with Crippen LogP contribution < -0.4 is 15.5 Å². The van der Waals surface area contributed by atoms with Gasteiger partial charge in [-0.05, 0) is 37.1 Å². The molecule has 27 heavy (non-hydrogen) atoms. The minimum Gasteiger partial charge on any atom is -0.476 e. The van der Waals surface area contributed by atoms with Gasteiger partial charge in [0, 0.05) is 6.04 Å². The molecule has 1 aliphatic carbocycles. The number of para-hydroxylation sites is 1. The van der Waals surface area contributed by atoms with Crippen LogP contribution in [0.25, 0.3) is 22.5 Å². The maximum atomic E-state index is 12.9. The average molecular weight is 367 g/mol. The molecule has 6 heteroatoms. The van der Waals surface area contributed by atoms with Crippen LogP contribution in [-0.2, 0) is 4.79 Å². The lowest BCUT2D eigenvalue weighted by Crippen LogP contribution is -2.39. The maximum absolute atomic E-state index is 12.9. The van der Waals surface area contributed by atoms with E-state index in [-0.39, 0.29) is 35.5 Å². The number of carbonyl (C=O) groups is 1. The Kier molecular flexibility index (Phi) is 4.96. The molecule has 1 saturated carbocycles. The molecular weight excluding hydrogens is 346 g/mol. The Hall–Kier alpha value is -3.02. The van der Waals surface area contributed by atoms with Crippen molar-refractivity contribution in [2.24, 2.45) is 0 Å². The smallest absolute Gasteiger partial charge is 0.258 e. The summed E-state index contributed by atoms with van der Waals surface area (Å²) in [5.74, 6) is 0.317. The third-order valence-corrected chi connectivity index (χ3v) is 4.82. The highest BCUT2D eigenvalue weighted by Crippen LogP contribution is 2.31. The summed E-state index contributed by atoms with van der Waals surface area (Å²) in [4.78, 5) is 25.2. The lowest BCUT2D eigenvalue weighted by atomic mass is 9.95. The summed E-state index contributed by atoms with van der Waals surface area (Å²) < 4.78 is 16.9. The van der Waals surface area contributed by atoms with Gasteiger partial charge in [0.05, 0.1) is 11.6 Å². The lowest BCUT2D eigenvalue weighted by Gasteiger charge is -2.22. The van der Waals surface area contributed by atoms with Gasteiger partial charge in [-0.25, -0.2) is 0 Å². The predicted octanol–water partition coefficient (Wildman–Crippen LogP) is 3.88. The standard InChI is InChI=1S/C21H21NO5/c23-18(22-14-7-2-1-3-8-14)13-26-21-19(24)15-9-4-5-10-16(15)27-20(21)17-11-6-12-25-17/h4-6,9-12,14H,1-3,7-8,13H2,(H,22,23). The first-order valence-corrected chi connectivity index (χ1v) is 9.24. The molecule has 1 aliphatic rings. The molecule has 0 unspecified atom stereocenters. The molecule has 3 aromatic rings. The molecule has 1 amide bonds. The van der Waals surface area contributed by atoms with Crippen LogP contribution in [0, 0.1) is 0 Å². The van der Waals surface area contributed by atoms with E-state index < -0.39 is 0 Å². The number of amides is 1. The van der Waals surface area contributed by atoms with Gasteiger partial charge >= 0.3 is 0 Å². The highest BCUT2D eigenvalue weighted by atomic mass is 16.5. The molecule has 0 aliphatic heterocycles. The molecule has 0 radical (unpaired) electrons. The third kappa shape index (κ3) is 3.74. The van der Waals surface area contributed by atoms with Crippen LogP contribution in [0.15, 0.2) is 56.3 Å². The third-order valence-electron chi connectivity index (χ3n) is 4.82. The van der Waals surface area contributed by atoms with E-state index in [1.807, 2.05) is 0 Å². The highest BCUT2D eigenvalue weighted by Gasteiger charge is 2.21. The average Bonchev–Trinajstić information content (AvgIpc) is 3.22. The molecule has 0 atom stereocenters. The number of ether oxygens (including phenoxy) is 1. The molecule has 0 saturated heterocycles. The second-order valence-electron chi connectivity index (χ2n) is 6.75. The minimum atomic E-state index is -0.325. The molecule has 1 N–H and O–H groups in total. The number of nitrogens with one attached hydrogen (secondary N) is 1. The van der Waals surface area contributed by atoms with E-state index in [2.05, 4.69) is 5.32 Å². The fourth-order valence-corrected chi connectivity index (χ4v) is 3.48. The predicted molar refractivity (Wildman–Crippen MR) is 101 cm³/mol. The van der Waals surface area contributed by atoms with E-state index in [0.29, 0.717) is 16.7 Å². The van der Waals surface area contributed by atoms with Crippen molar-refractivity contribution in [3.05, 3.63) is 52.9 Å². The lowest BCUT2D eigenvalue weighted by molar-refractivity contribution is -0.124. The largest absolute Gasteiger partial charge is 0.476 e. The van der Waals surface area contributed by atoms with Crippen molar-refractivity contribution in [1.82, 2.24) is 5.32 Å². The molecular formula is C21H21NO5. The van der Waals surface area contributed by atoms with Crippen LogP contribution in [0.2, 0.25) is 0 Å². The van der Waals surface area contributed by atoms with Gasteiger partial charge in [-0.2, -0.15) is 0 Å². The van der Waals surface area contributed by atoms with Crippen LogP contribution >= 0.6 is 0 Å². The Balaban J connectivity index is 1.60. The zero-order chi connectivity index (χ0) is 18.6. The number of hydrogen-bond donors (Lipinski definition) is 1. The highest BCUT2D eigenvalue weighted by molar-refractivity contribution is 5.82. The summed E-state index contributed by atoms with van der Waals surface area (Å²) in [6.07, 6.45) is 6.94. The van der Waals surface area contributed by atoms with Gasteiger partial charge in [0.2, 0.25) is 16.9 Å². The zero-order valence-corrected chi connectivity index (χ0v) is 14.9. The summed E-state index contributed by atoms with van der Waals surface area (Å²) in [7, 11) is 0. The quantitative estimate of drug-likeness (QED) is 0.740. The number of benzene rings is 1. The van der Waals surface area contributed by atoms with Gasteiger partial charge in [0.15, 0.2) is 12.4 Å². The maximum Gasteiger partial charge on any atom is 0.258 e. The van der Waals surface area contributed by atoms with Gasteiger partial charge in [-0.3, -0.25) is 9.59 Å². The van der Waals surface area contributed by atoms with Crippen molar-refractivity contribution >= 4 is 16.9 Å². The van der Waals surface area contributed by atoms with Gasteiger partial charge in [-0.15, -0.1) is 0 Å². The van der Waals surface area contributed by atoms with Crippen molar-refractivity contribution in [1.29, 1.82) is 0 Å². The van der Waals surface area contributed by atoms with Crippen molar-refractivity contribution in [2.45, 2.75) is 38.1 Å². The van der Waals surface area contributed by atoms with E-state index >= 15 is 0 Å². The zero-order valence-electron chi connectivity index (χ0n) is 14.9. The molecule has 4 rings (SSSR count). The molecule has 2 heterocycles. The SMILES string of the molecule is O=C(COc1c(-c2ccco2)oc2ccccc2c1=O)NC1CCCCC1. The molecule has 2 aromatic heterocycles. The Morgan fingerprint density at radius 3 is 2.70 bits per heavy atom.